The van der Waals surface area contributed by atoms with Crippen molar-refractivity contribution in [3.8, 4) is 0 Å². The molecule has 0 radical (unpaired) electrons. The molecule has 1 N–H and O–H groups in total. The summed E-state index contributed by atoms with van der Waals surface area (Å²) in [7, 11) is 0. The lowest BCUT2D eigenvalue weighted by Crippen LogP contribution is -2.31. The highest BCUT2D eigenvalue weighted by Crippen LogP contribution is 2.31. The molecule has 0 saturated carbocycles. The molecule has 0 aliphatic heterocycles. The number of amides is 1. The SMILES string of the molecule is Cc1noc2nc3c(c(C(=O)NC(C)C)c12)CCC3. The molecule has 0 bridgehead atoms. The predicted octanol–water partition coefficient (Wildman–Crippen LogP) is 2.16. The van der Waals surface area contributed by atoms with Gasteiger partial charge < -0.3 is 9.84 Å². The summed E-state index contributed by atoms with van der Waals surface area (Å²) in [5.74, 6) is -0.0492. The summed E-state index contributed by atoms with van der Waals surface area (Å²) in [5, 5.41) is 7.67. The highest BCUT2D eigenvalue weighted by atomic mass is 16.5. The van der Waals surface area contributed by atoms with Gasteiger partial charge in [-0.25, -0.2) is 4.98 Å². The number of pyridine rings is 1. The second kappa shape index (κ2) is 4.33. The monoisotopic (exact) mass is 259 g/mol. The van der Waals surface area contributed by atoms with Crippen molar-refractivity contribution in [2.75, 3.05) is 0 Å². The summed E-state index contributed by atoms with van der Waals surface area (Å²) in [6, 6.07) is 0.105. The van der Waals surface area contributed by atoms with E-state index in [0.29, 0.717) is 11.3 Å². The lowest BCUT2D eigenvalue weighted by molar-refractivity contribution is 0.0943. The minimum Gasteiger partial charge on any atom is -0.350 e. The first-order valence-corrected chi connectivity index (χ1v) is 6.66. The normalized spacial score (nSPS) is 14.1. The average molecular weight is 259 g/mol. The highest BCUT2D eigenvalue weighted by molar-refractivity contribution is 6.07. The Hall–Kier alpha value is -1.91. The molecule has 2 aromatic heterocycles. The lowest BCUT2D eigenvalue weighted by atomic mass is 10.0. The van der Waals surface area contributed by atoms with Gasteiger partial charge in [0.05, 0.1) is 16.6 Å². The second-order valence-corrected chi connectivity index (χ2v) is 5.34. The van der Waals surface area contributed by atoms with Crippen molar-refractivity contribution >= 4 is 17.0 Å². The predicted molar refractivity (Wildman–Crippen MR) is 71.2 cm³/mol. The van der Waals surface area contributed by atoms with Gasteiger partial charge in [-0.2, -0.15) is 0 Å². The number of rotatable bonds is 2. The average Bonchev–Trinajstić information content (AvgIpc) is 2.93. The molecular formula is C14H17N3O2. The maximum absolute atomic E-state index is 12.5. The topological polar surface area (TPSA) is 68.0 Å². The molecule has 3 rings (SSSR count). The maximum atomic E-state index is 12.5. The molecule has 1 aliphatic rings. The van der Waals surface area contributed by atoms with Crippen molar-refractivity contribution in [3.05, 3.63) is 22.5 Å². The second-order valence-electron chi connectivity index (χ2n) is 5.34. The van der Waals surface area contributed by atoms with Gasteiger partial charge in [0.15, 0.2) is 0 Å². The van der Waals surface area contributed by atoms with Gasteiger partial charge >= 0.3 is 0 Å². The summed E-state index contributed by atoms with van der Waals surface area (Å²) in [5.41, 5.74) is 3.97. The third kappa shape index (κ3) is 1.89. The number of nitrogens with zero attached hydrogens (tertiary/aromatic N) is 2. The first-order valence-electron chi connectivity index (χ1n) is 6.66. The zero-order chi connectivity index (χ0) is 13.6. The Kier molecular flexibility index (Phi) is 2.77. The summed E-state index contributed by atoms with van der Waals surface area (Å²) in [4.78, 5) is 17.0. The van der Waals surface area contributed by atoms with E-state index in [2.05, 4.69) is 15.5 Å². The molecule has 5 heteroatoms. The van der Waals surface area contributed by atoms with Crippen molar-refractivity contribution in [1.29, 1.82) is 0 Å². The molecule has 5 nitrogen and oxygen atoms in total. The van der Waals surface area contributed by atoms with Crippen molar-refractivity contribution < 1.29 is 9.32 Å². The van der Waals surface area contributed by atoms with Crippen LogP contribution in [0.4, 0.5) is 0 Å². The zero-order valence-corrected chi connectivity index (χ0v) is 11.4. The summed E-state index contributed by atoms with van der Waals surface area (Å²) in [6.45, 7) is 5.76. The molecule has 2 aromatic rings. The number of hydrogen-bond acceptors (Lipinski definition) is 4. The van der Waals surface area contributed by atoms with Crippen molar-refractivity contribution in [2.45, 2.75) is 46.1 Å². The summed E-state index contributed by atoms with van der Waals surface area (Å²) in [6.07, 6.45) is 2.86. The van der Waals surface area contributed by atoms with E-state index in [9.17, 15) is 4.79 Å². The van der Waals surface area contributed by atoms with Crippen molar-refractivity contribution in [2.24, 2.45) is 0 Å². The standard InChI is InChI=1S/C14H17N3O2/c1-7(2)15-13(18)12-9-5-4-6-10(9)16-14-11(12)8(3)17-19-14/h7H,4-6H2,1-3H3,(H,15,18). The number of aryl methyl sites for hydroxylation is 2. The van der Waals surface area contributed by atoms with E-state index in [-0.39, 0.29) is 11.9 Å². The summed E-state index contributed by atoms with van der Waals surface area (Å²) >= 11 is 0. The quantitative estimate of drug-likeness (QED) is 0.897. The fourth-order valence-electron chi connectivity index (χ4n) is 2.70. The molecule has 100 valence electrons. The van der Waals surface area contributed by atoms with E-state index < -0.39 is 0 Å². The third-order valence-electron chi connectivity index (χ3n) is 3.47. The van der Waals surface area contributed by atoms with Crippen molar-refractivity contribution in [3.63, 3.8) is 0 Å². The first kappa shape index (κ1) is 12.1. The maximum Gasteiger partial charge on any atom is 0.259 e. The van der Waals surface area contributed by atoms with Crippen LogP contribution in [0.15, 0.2) is 4.52 Å². The Morgan fingerprint density at radius 3 is 2.89 bits per heavy atom. The van der Waals surface area contributed by atoms with Crippen LogP contribution in [0.1, 0.15) is 47.6 Å². The fourth-order valence-corrected chi connectivity index (χ4v) is 2.70. The van der Waals surface area contributed by atoms with Crippen LogP contribution in [0.3, 0.4) is 0 Å². The Balaban J connectivity index is 2.25. The van der Waals surface area contributed by atoms with Gasteiger partial charge in [0.2, 0.25) is 0 Å². The van der Waals surface area contributed by atoms with Crippen LogP contribution < -0.4 is 5.32 Å². The van der Waals surface area contributed by atoms with Gasteiger partial charge in [0, 0.05) is 11.7 Å². The van der Waals surface area contributed by atoms with Gasteiger partial charge in [-0.15, -0.1) is 0 Å². The largest absolute Gasteiger partial charge is 0.350 e. The van der Waals surface area contributed by atoms with E-state index in [0.717, 1.165) is 41.6 Å². The van der Waals surface area contributed by atoms with E-state index in [1.807, 2.05) is 20.8 Å². The van der Waals surface area contributed by atoms with Crippen LogP contribution in [0.25, 0.3) is 11.1 Å². The van der Waals surface area contributed by atoms with Gasteiger partial charge in [-0.1, -0.05) is 5.16 Å². The van der Waals surface area contributed by atoms with E-state index >= 15 is 0 Å². The molecule has 0 unspecified atom stereocenters. The molecule has 0 atom stereocenters. The van der Waals surface area contributed by atoms with Crippen LogP contribution in [0.5, 0.6) is 0 Å². The number of fused-ring (bicyclic) bond motifs is 2. The number of carbonyl (C=O) groups is 1. The fraction of sp³-hybridized carbons (Fsp3) is 0.500. The number of nitrogens with one attached hydrogen (secondary N) is 1. The molecular weight excluding hydrogens is 242 g/mol. The molecule has 2 heterocycles. The van der Waals surface area contributed by atoms with Crippen LogP contribution in [-0.4, -0.2) is 22.1 Å². The summed E-state index contributed by atoms with van der Waals surface area (Å²) < 4.78 is 5.23. The van der Waals surface area contributed by atoms with Crippen molar-refractivity contribution in [1.82, 2.24) is 15.5 Å². The zero-order valence-electron chi connectivity index (χ0n) is 11.4. The third-order valence-corrected chi connectivity index (χ3v) is 3.47. The van der Waals surface area contributed by atoms with Crippen LogP contribution in [0, 0.1) is 6.92 Å². The lowest BCUT2D eigenvalue weighted by Gasteiger charge is -2.12. The molecule has 0 spiro atoms. The van der Waals surface area contributed by atoms with Crippen LogP contribution >= 0.6 is 0 Å². The first-order chi connectivity index (χ1) is 9.08. The van der Waals surface area contributed by atoms with Gasteiger partial charge in [0.25, 0.3) is 11.6 Å². The Labute approximate surface area is 111 Å². The minimum atomic E-state index is -0.0492. The van der Waals surface area contributed by atoms with Gasteiger partial charge in [-0.05, 0) is 45.6 Å². The molecule has 19 heavy (non-hydrogen) atoms. The van der Waals surface area contributed by atoms with Crippen LogP contribution in [-0.2, 0) is 12.8 Å². The highest BCUT2D eigenvalue weighted by Gasteiger charge is 2.27. The molecule has 0 saturated heterocycles. The number of carbonyl (C=O) groups excluding carboxylic acids is 1. The Morgan fingerprint density at radius 1 is 1.37 bits per heavy atom. The van der Waals surface area contributed by atoms with E-state index in [1.165, 1.54) is 0 Å². The molecule has 0 fully saturated rings. The van der Waals surface area contributed by atoms with E-state index in [4.69, 9.17) is 4.52 Å². The molecule has 0 aromatic carbocycles. The molecule has 1 amide bonds. The minimum absolute atomic E-state index is 0.0492. The molecule has 1 aliphatic carbocycles. The van der Waals surface area contributed by atoms with Gasteiger partial charge in [-0.3, -0.25) is 4.79 Å². The smallest absolute Gasteiger partial charge is 0.259 e. The Bertz CT molecular complexity index is 658. The number of aromatic nitrogens is 2. The number of hydrogen-bond donors (Lipinski definition) is 1. The van der Waals surface area contributed by atoms with Crippen LogP contribution in [0.2, 0.25) is 0 Å². The Morgan fingerprint density at radius 2 is 2.16 bits per heavy atom. The van der Waals surface area contributed by atoms with E-state index in [1.54, 1.807) is 0 Å². The van der Waals surface area contributed by atoms with Gasteiger partial charge in [0.1, 0.15) is 0 Å².